The maximum Gasteiger partial charge on any atom is 0.334 e. The van der Waals surface area contributed by atoms with Crippen LogP contribution in [0.25, 0.3) is 0 Å². The smallest absolute Gasteiger partial charge is 0.334 e. The number of aliphatic carboxylic acids is 1. The molecule has 1 aliphatic heterocycles. The van der Waals surface area contributed by atoms with Gasteiger partial charge in [-0.2, -0.15) is 5.26 Å². The fraction of sp³-hybridized carbons (Fsp3) is 0.357. The van der Waals surface area contributed by atoms with Crippen molar-refractivity contribution in [2.24, 2.45) is 0 Å². The summed E-state index contributed by atoms with van der Waals surface area (Å²) in [6.07, 6.45) is -0.988. The molecule has 7 nitrogen and oxygen atoms in total. The third kappa shape index (κ3) is 3.94. The Balaban J connectivity index is 1.86. The van der Waals surface area contributed by atoms with Gasteiger partial charge in [0.05, 0.1) is 24.8 Å². The summed E-state index contributed by atoms with van der Waals surface area (Å²) in [5, 5.41) is 17.5. The molecule has 0 aliphatic carbocycles. The minimum atomic E-state index is -1.08. The van der Waals surface area contributed by atoms with Gasteiger partial charge in [-0.3, -0.25) is 4.79 Å². The molecule has 1 aliphatic rings. The van der Waals surface area contributed by atoms with Gasteiger partial charge >= 0.3 is 5.97 Å². The van der Waals surface area contributed by atoms with E-state index in [0.29, 0.717) is 17.9 Å². The second kappa shape index (κ2) is 6.72. The van der Waals surface area contributed by atoms with E-state index >= 15 is 0 Å². The zero-order chi connectivity index (χ0) is 15.2. The van der Waals surface area contributed by atoms with Crippen LogP contribution in [-0.4, -0.2) is 54.3 Å². The first kappa shape index (κ1) is 14.8. The molecule has 1 unspecified atom stereocenters. The second-order valence-corrected chi connectivity index (χ2v) is 4.46. The van der Waals surface area contributed by atoms with Crippen LogP contribution in [0.2, 0.25) is 0 Å². The maximum atomic E-state index is 12.0. The van der Waals surface area contributed by atoms with Crippen molar-refractivity contribution in [1.82, 2.24) is 4.90 Å². The van der Waals surface area contributed by atoms with E-state index in [-0.39, 0.29) is 25.7 Å². The molecule has 0 aromatic heterocycles. The molecule has 21 heavy (non-hydrogen) atoms. The normalized spacial score (nSPS) is 17.9. The van der Waals surface area contributed by atoms with Crippen molar-refractivity contribution in [3.63, 3.8) is 0 Å². The number of hydrogen-bond donors (Lipinski definition) is 1. The Labute approximate surface area is 121 Å². The van der Waals surface area contributed by atoms with Crippen LogP contribution in [0.15, 0.2) is 24.3 Å². The van der Waals surface area contributed by atoms with Gasteiger partial charge in [0.2, 0.25) is 0 Å². The molecule has 1 heterocycles. The molecule has 1 amide bonds. The van der Waals surface area contributed by atoms with Crippen LogP contribution in [0.3, 0.4) is 0 Å². The van der Waals surface area contributed by atoms with E-state index in [9.17, 15) is 9.59 Å². The average molecular weight is 290 g/mol. The molecule has 0 radical (unpaired) electrons. The van der Waals surface area contributed by atoms with E-state index in [0.717, 1.165) is 0 Å². The number of hydrogen-bond acceptors (Lipinski definition) is 5. The highest BCUT2D eigenvalue weighted by atomic mass is 16.5. The van der Waals surface area contributed by atoms with Crippen molar-refractivity contribution >= 4 is 11.9 Å². The molecule has 1 N–H and O–H groups in total. The van der Waals surface area contributed by atoms with Gasteiger partial charge in [0.25, 0.3) is 5.91 Å². The number of carbonyl (C=O) groups is 2. The lowest BCUT2D eigenvalue weighted by atomic mass is 10.2. The molecule has 0 bridgehead atoms. The molecule has 0 spiro atoms. The predicted octanol–water partition coefficient (Wildman–Crippen LogP) is 0.249. The highest BCUT2D eigenvalue weighted by Gasteiger charge is 2.28. The fourth-order valence-corrected chi connectivity index (χ4v) is 1.89. The third-order valence-electron chi connectivity index (χ3n) is 3.04. The van der Waals surface area contributed by atoms with Gasteiger partial charge in [0.15, 0.2) is 12.7 Å². The number of rotatable bonds is 4. The molecular formula is C14H14N2O5. The van der Waals surface area contributed by atoms with Gasteiger partial charge < -0.3 is 19.5 Å². The standard InChI is InChI=1S/C14H14N2O5/c15-7-10-1-3-11(4-2-10)21-9-13(17)16-5-6-20-12(8-16)14(18)19/h1-4,12H,5-6,8-9H2,(H,18,19). The van der Waals surface area contributed by atoms with Gasteiger partial charge in [-0.15, -0.1) is 0 Å². The van der Waals surface area contributed by atoms with E-state index in [4.69, 9.17) is 19.8 Å². The van der Waals surface area contributed by atoms with Crippen molar-refractivity contribution < 1.29 is 24.2 Å². The molecule has 1 aromatic carbocycles. The lowest BCUT2D eigenvalue weighted by Gasteiger charge is -2.30. The number of carbonyl (C=O) groups excluding carboxylic acids is 1. The summed E-state index contributed by atoms with van der Waals surface area (Å²) in [5.41, 5.74) is 0.506. The molecule has 1 fully saturated rings. The Bertz CT molecular complexity index is 564. The highest BCUT2D eigenvalue weighted by Crippen LogP contribution is 2.12. The SMILES string of the molecule is N#Cc1ccc(OCC(=O)N2CCOC(C(=O)O)C2)cc1. The molecule has 1 saturated heterocycles. The molecule has 1 atom stereocenters. The van der Waals surface area contributed by atoms with Crippen molar-refractivity contribution in [3.8, 4) is 11.8 Å². The van der Waals surface area contributed by atoms with Crippen LogP contribution in [0.5, 0.6) is 5.75 Å². The lowest BCUT2D eigenvalue weighted by Crippen LogP contribution is -2.49. The van der Waals surface area contributed by atoms with Crippen LogP contribution in [0.4, 0.5) is 0 Å². The number of carboxylic acid groups (broad SMARTS) is 1. The van der Waals surface area contributed by atoms with E-state index < -0.39 is 12.1 Å². The summed E-state index contributed by atoms with van der Waals surface area (Å²) in [7, 11) is 0. The summed E-state index contributed by atoms with van der Waals surface area (Å²) >= 11 is 0. The second-order valence-electron chi connectivity index (χ2n) is 4.46. The topological polar surface area (TPSA) is 99.9 Å². The largest absolute Gasteiger partial charge is 0.484 e. The van der Waals surface area contributed by atoms with Gasteiger partial charge in [0, 0.05) is 6.54 Å². The number of benzene rings is 1. The predicted molar refractivity (Wildman–Crippen MR) is 70.6 cm³/mol. The summed E-state index contributed by atoms with van der Waals surface area (Å²) in [4.78, 5) is 24.2. The van der Waals surface area contributed by atoms with Crippen LogP contribution in [0.1, 0.15) is 5.56 Å². The number of ether oxygens (including phenoxy) is 2. The number of carboxylic acids is 1. The minimum absolute atomic E-state index is 0.0187. The van der Waals surface area contributed by atoms with Crippen LogP contribution in [0, 0.1) is 11.3 Å². The highest BCUT2D eigenvalue weighted by molar-refractivity contribution is 5.79. The maximum absolute atomic E-state index is 12.0. The van der Waals surface area contributed by atoms with E-state index in [2.05, 4.69) is 0 Å². The van der Waals surface area contributed by atoms with Crippen LogP contribution in [-0.2, 0) is 14.3 Å². The van der Waals surface area contributed by atoms with Crippen molar-refractivity contribution in [1.29, 1.82) is 5.26 Å². The van der Waals surface area contributed by atoms with E-state index in [1.807, 2.05) is 6.07 Å². The quantitative estimate of drug-likeness (QED) is 0.853. The average Bonchev–Trinajstić information content (AvgIpc) is 2.53. The van der Waals surface area contributed by atoms with Gasteiger partial charge in [-0.05, 0) is 24.3 Å². The zero-order valence-electron chi connectivity index (χ0n) is 11.2. The zero-order valence-corrected chi connectivity index (χ0v) is 11.2. The number of morpholine rings is 1. The Kier molecular flexibility index (Phi) is 4.74. The van der Waals surface area contributed by atoms with E-state index in [1.165, 1.54) is 4.90 Å². The van der Waals surface area contributed by atoms with Gasteiger partial charge in [0.1, 0.15) is 5.75 Å². The Hall–Kier alpha value is -2.59. The lowest BCUT2D eigenvalue weighted by molar-refractivity contribution is -0.159. The number of nitrogens with zero attached hydrogens (tertiary/aromatic N) is 2. The molecule has 110 valence electrons. The Morgan fingerprint density at radius 2 is 2.14 bits per heavy atom. The van der Waals surface area contributed by atoms with Crippen LogP contribution >= 0.6 is 0 Å². The molecular weight excluding hydrogens is 276 g/mol. The van der Waals surface area contributed by atoms with Crippen molar-refractivity contribution in [3.05, 3.63) is 29.8 Å². The first-order valence-corrected chi connectivity index (χ1v) is 6.35. The number of nitriles is 1. The molecule has 0 saturated carbocycles. The summed E-state index contributed by atoms with van der Waals surface area (Å²) in [6.45, 7) is 0.377. The van der Waals surface area contributed by atoms with Gasteiger partial charge in [-0.25, -0.2) is 4.79 Å². The molecule has 1 aromatic rings. The Morgan fingerprint density at radius 1 is 1.43 bits per heavy atom. The minimum Gasteiger partial charge on any atom is -0.484 e. The third-order valence-corrected chi connectivity index (χ3v) is 3.04. The van der Waals surface area contributed by atoms with Crippen molar-refractivity contribution in [2.75, 3.05) is 26.3 Å². The molecule has 7 heteroatoms. The summed E-state index contributed by atoms with van der Waals surface area (Å²) in [5.74, 6) is -0.903. The summed E-state index contributed by atoms with van der Waals surface area (Å²) < 4.78 is 10.4. The van der Waals surface area contributed by atoms with E-state index in [1.54, 1.807) is 24.3 Å². The fourth-order valence-electron chi connectivity index (χ4n) is 1.89. The monoisotopic (exact) mass is 290 g/mol. The van der Waals surface area contributed by atoms with Crippen molar-refractivity contribution in [2.45, 2.75) is 6.10 Å². The molecule has 2 rings (SSSR count). The Morgan fingerprint density at radius 3 is 2.76 bits per heavy atom. The number of amides is 1. The first-order valence-electron chi connectivity index (χ1n) is 6.35. The van der Waals surface area contributed by atoms with Crippen LogP contribution < -0.4 is 4.74 Å². The first-order chi connectivity index (χ1) is 10.1. The van der Waals surface area contributed by atoms with Gasteiger partial charge in [-0.1, -0.05) is 0 Å². The summed E-state index contributed by atoms with van der Waals surface area (Å²) in [6, 6.07) is 8.38.